The molecule has 0 spiro atoms. The van der Waals surface area contributed by atoms with E-state index >= 15 is 0 Å². The van der Waals surface area contributed by atoms with Gasteiger partial charge in [0.1, 0.15) is 5.76 Å². The first-order valence-corrected chi connectivity index (χ1v) is 7.57. The molecular weight excluding hydrogens is 254 g/mol. The van der Waals surface area contributed by atoms with Crippen molar-refractivity contribution < 1.29 is 9.21 Å². The lowest BCUT2D eigenvalue weighted by molar-refractivity contribution is -0.137. The van der Waals surface area contributed by atoms with E-state index < -0.39 is 0 Å². The molecule has 0 unspecified atom stereocenters. The van der Waals surface area contributed by atoms with E-state index in [1.54, 1.807) is 6.26 Å². The van der Waals surface area contributed by atoms with E-state index in [2.05, 4.69) is 10.2 Å². The summed E-state index contributed by atoms with van der Waals surface area (Å²) in [5, 5.41) is 3.32. The van der Waals surface area contributed by atoms with Gasteiger partial charge in [-0.2, -0.15) is 0 Å². The molecule has 3 rings (SSSR count). The minimum Gasteiger partial charge on any atom is -0.468 e. The van der Waals surface area contributed by atoms with Gasteiger partial charge in [-0.1, -0.05) is 0 Å². The summed E-state index contributed by atoms with van der Waals surface area (Å²) in [5.41, 5.74) is 0. The Morgan fingerprint density at radius 1 is 1.35 bits per heavy atom. The molecule has 2 aliphatic rings. The molecule has 0 radical (unpaired) electrons. The molecule has 0 aliphatic carbocycles. The van der Waals surface area contributed by atoms with Crippen LogP contribution in [0.5, 0.6) is 0 Å². The number of carbonyl (C=O) groups is 1. The van der Waals surface area contributed by atoms with Crippen LogP contribution in [0.2, 0.25) is 0 Å². The zero-order valence-corrected chi connectivity index (χ0v) is 11.9. The molecule has 2 fully saturated rings. The fourth-order valence-corrected chi connectivity index (χ4v) is 3.07. The first-order chi connectivity index (χ1) is 9.83. The Bertz CT molecular complexity index is 418. The normalized spacial score (nSPS) is 24.8. The molecule has 110 valence electrons. The number of carbonyl (C=O) groups excluding carboxylic acids is 1. The molecule has 1 aromatic rings. The second-order valence-electron chi connectivity index (χ2n) is 5.72. The Kier molecular flexibility index (Phi) is 4.38. The van der Waals surface area contributed by atoms with Crippen LogP contribution in [0.1, 0.15) is 18.6 Å². The minimum absolute atomic E-state index is 0.195. The van der Waals surface area contributed by atoms with Crippen molar-refractivity contribution in [3.05, 3.63) is 24.2 Å². The van der Waals surface area contributed by atoms with Crippen LogP contribution in [0, 0.1) is 5.92 Å². The molecule has 20 heavy (non-hydrogen) atoms. The number of hydrogen-bond acceptors (Lipinski definition) is 4. The molecular formula is C15H23N3O2. The van der Waals surface area contributed by atoms with Gasteiger partial charge in [-0.05, 0) is 31.5 Å². The van der Waals surface area contributed by atoms with Crippen LogP contribution in [-0.4, -0.2) is 55.0 Å². The first-order valence-electron chi connectivity index (χ1n) is 7.57. The van der Waals surface area contributed by atoms with Crippen molar-refractivity contribution in [2.75, 3.05) is 39.3 Å². The standard InChI is InChI=1S/C15H23N3O2/c19-15(13-3-1-5-16-11-13)18-8-6-17(7-9-18)12-14-4-2-10-20-14/h2,4,10,13,16H,1,3,5-9,11-12H2/t13-/m0/s1. The van der Waals surface area contributed by atoms with Crippen molar-refractivity contribution in [2.24, 2.45) is 5.92 Å². The molecule has 0 saturated carbocycles. The van der Waals surface area contributed by atoms with E-state index in [1.807, 2.05) is 17.0 Å². The average Bonchev–Trinajstić information content (AvgIpc) is 3.01. The van der Waals surface area contributed by atoms with Crippen LogP contribution in [0.3, 0.4) is 0 Å². The van der Waals surface area contributed by atoms with Crippen molar-refractivity contribution in [3.63, 3.8) is 0 Å². The number of amides is 1. The van der Waals surface area contributed by atoms with Gasteiger partial charge >= 0.3 is 0 Å². The highest BCUT2D eigenvalue weighted by Gasteiger charge is 2.28. The maximum absolute atomic E-state index is 12.4. The van der Waals surface area contributed by atoms with Crippen LogP contribution in [0.15, 0.2) is 22.8 Å². The fraction of sp³-hybridized carbons (Fsp3) is 0.667. The molecule has 1 N–H and O–H groups in total. The van der Waals surface area contributed by atoms with Gasteiger partial charge in [0, 0.05) is 32.7 Å². The zero-order chi connectivity index (χ0) is 13.8. The summed E-state index contributed by atoms with van der Waals surface area (Å²) in [6.07, 6.45) is 3.87. The summed E-state index contributed by atoms with van der Waals surface area (Å²) in [7, 11) is 0. The molecule has 1 aromatic heterocycles. The molecule has 1 atom stereocenters. The summed E-state index contributed by atoms with van der Waals surface area (Å²) >= 11 is 0. The van der Waals surface area contributed by atoms with Crippen LogP contribution in [0.4, 0.5) is 0 Å². The highest BCUT2D eigenvalue weighted by Crippen LogP contribution is 2.16. The zero-order valence-electron chi connectivity index (χ0n) is 11.9. The number of nitrogens with one attached hydrogen (secondary N) is 1. The number of nitrogens with zero attached hydrogens (tertiary/aromatic N) is 2. The number of piperazine rings is 1. The maximum Gasteiger partial charge on any atom is 0.227 e. The molecule has 2 aliphatic heterocycles. The number of hydrogen-bond donors (Lipinski definition) is 1. The second-order valence-corrected chi connectivity index (χ2v) is 5.72. The van der Waals surface area contributed by atoms with Gasteiger partial charge in [0.05, 0.1) is 18.7 Å². The Hall–Kier alpha value is -1.33. The topological polar surface area (TPSA) is 48.7 Å². The Labute approximate surface area is 119 Å². The van der Waals surface area contributed by atoms with Crippen molar-refractivity contribution in [1.29, 1.82) is 0 Å². The summed E-state index contributed by atoms with van der Waals surface area (Å²) in [5.74, 6) is 1.54. The number of rotatable bonds is 3. The second kappa shape index (κ2) is 6.41. The quantitative estimate of drug-likeness (QED) is 0.893. The first kappa shape index (κ1) is 13.6. The Morgan fingerprint density at radius 2 is 2.20 bits per heavy atom. The molecule has 5 nitrogen and oxygen atoms in total. The molecule has 2 saturated heterocycles. The minimum atomic E-state index is 0.195. The van der Waals surface area contributed by atoms with Gasteiger partial charge in [-0.25, -0.2) is 0 Å². The van der Waals surface area contributed by atoms with Crippen molar-refractivity contribution >= 4 is 5.91 Å². The third-order valence-electron chi connectivity index (χ3n) is 4.29. The highest BCUT2D eigenvalue weighted by molar-refractivity contribution is 5.79. The predicted molar refractivity (Wildman–Crippen MR) is 76.2 cm³/mol. The van der Waals surface area contributed by atoms with Crippen molar-refractivity contribution in [3.8, 4) is 0 Å². The summed E-state index contributed by atoms with van der Waals surface area (Å²) in [6, 6.07) is 3.93. The van der Waals surface area contributed by atoms with Gasteiger partial charge in [-0.15, -0.1) is 0 Å². The SMILES string of the molecule is O=C([C@H]1CCCNC1)N1CCN(Cc2ccco2)CC1. The smallest absolute Gasteiger partial charge is 0.227 e. The van der Waals surface area contributed by atoms with E-state index in [9.17, 15) is 4.79 Å². The Balaban J connectivity index is 1.46. The van der Waals surface area contributed by atoms with Gasteiger partial charge in [-0.3, -0.25) is 9.69 Å². The fourth-order valence-electron chi connectivity index (χ4n) is 3.07. The molecule has 0 aromatic carbocycles. The molecule has 3 heterocycles. The van der Waals surface area contributed by atoms with E-state index in [0.717, 1.165) is 64.4 Å². The van der Waals surface area contributed by atoms with Gasteiger partial charge in [0.15, 0.2) is 0 Å². The van der Waals surface area contributed by atoms with Crippen molar-refractivity contribution in [2.45, 2.75) is 19.4 Å². The number of furan rings is 1. The lowest BCUT2D eigenvalue weighted by Gasteiger charge is -2.36. The molecule has 5 heteroatoms. The van der Waals surface area contributed by atoms with E-state index in [-0.39, 0.29) is 5.92 Å². The van der Waals surface area contributed by atoms with Crippen LogP contribution < -0.4 is 5.32 Å². The largest absolute Gasteiger partial charge is 0.468 e. The van der Waals surface area contributed by atoms with Crippen molar-refractivity contribution in [1.82, 2.24) is 15.1 Å². The number of piperidine rings is 1. The lowest BCUT2D eigenvalue weighted by Crippen LogP contribution is -2.51. The van der Waals surface area contributed by atoms with Gasteiger partial charge < -0.3 is 14.6 Å². The van der Waals surface area contributed by atoms with Crippen LogP contribution in [0.25, 0.3) is 0 Å². The van der Waals surface area contributed by atoms with E-state index in [0.29, 0.717) is 5.91 Å². The Morgan fingerprint density at radius 3 is 2.85 bits per heavy atom. The highest BCUT2D eigenvalue weighted by atomic mass is 16.3. The third kappa shape index (κ3) is 3.22. The summed E-state index contributed by atoms with van der Waals surface area (Å²) in [6.45, 7) is 6.32. The summed E-state index contributed by atoms with van der Waals surface area (Å²) in [4.78, 5) is 16.8. The molecule has 0 bridgehead atoms. The van der Waals surface area contributed by atoms with Crippen LogP contribution >= 0.6 is 0 Å². The predicted octanol–water partition coefficient (Wildman–Crippen LogP) is 0.923. The van der Waals surface area contributed by atoms with Crippen LogP contribution in [-0.2, 0) is 11.3 Å². The average molecular weight is 277 g/mol. The van der Waals surface area contributed by atoms with Gasteiger partial charge in [0.25, 0.3) is 0 Å². The van der Waals surface area contributed by atoms with E-state index in [4.69, 9.17) is 4.42 Å². The lowest BCUT2D eigenvalue weighted by atomic mass is 9.98. The monoisotopic (exact) mass is 277 g/mol. The maximum atomic E-state index is 12.4. The van der Waals surface area contributed by atoms with E-state index in [1.165, 1.54) is 0 Å². The molecule has 1 amide bonds. The third-order valence-corrected chi connectivity index (χ3v) is 4.29. The summed E-state index contributed by atoms with van der Waals surface area (Å²) < 4.78 is 5.38. The van der Waals surface area contributed by atoms with Gasteiger partial charge in [0.2, 0.25) is 5.91 Å².